The van der Waals surface area contributed by atoms with E-state index in [0.717, 1.165) is 23.6 Å². The first-order valence-corrected chi connectivity index (χ1v) is 8.41. The Labute approximate surface area is 131 Å². The molecule has 4 atom stereocenters. The van der Waals surface area contributed by atoms with Crippen LogP contribution in [0.4, 0.5) is 5.82 Å². The van der Waals surface area contributed by atoms with Crippen LogP contribution in [-0.2, 0) is 11.3 Å². The zero-order valence-electron chi connectivity index (χ0n) is 12.8. The Hall–Kier alpha value is -0.870. The summed E-state index contributed by atoms with van der Waals surface area (Å²) in [6.07, 6.45) is 5.63. The number of fused-ring (bicyclic) bond motifs is 2. The van der Waals surface area contributed by atoms with Crippen molar-refractivity contribution >= 4 is 17.4 Å². The van der Waals surface area contributed by atoms with Gasteiger partial charge in [-0.2, -0.15) is 0 Å². The van der Waals surface area contributed by atoms with Gasteiger partial charge >= 0.3 is 0 Å². The highest BCUT2D eigenvalue weighted by atomic mass is 35.5. The van der Waals surface area contributed by atoms with E-state index in [9.17, 15) is 0 Å². The lowest BCUT2D eigenvalue weighted by Crippen LogP contribution is -2.30. The van der Waals surface area contributed by atoms with Gasteiger partial charge in [0.15, 0.2) is 5.82 Å². The Morgan fingerprint density at radius 3 is 2.90 bits per heavy atom. The van der Waals surface area contributed by atoms with Crippen LogP contribution >= 0.6 is 11.6 Å². The van der Waals surface area contributed by atoms with Gasteiger partial charge in [-0.05, 0) is 50.9 Å². The smallest absolute Gasteiger partial charge is 0.158 e. The number of aromatic nitrogens is 2. The van der Waals surface area contributed by atoms with Crippen molar-refractivity contribution < 1.29 is 4.74 Å². The zero-order valence-corrected chi connectivity index (χ0v) is 13.6. The van der Waals surface area contributed by atoms with Crippen LogP contribution < -0.4 is 5.32 Å². The van der Waals surface area contributed by atoms with E-state index >= 15 is 0 Å². The Morgan fingerprint density at radius 2 is 2.24 bits per heavy atom. The van der Waals surface area contributed by atoms with Gasteiger partial charge in [-0.3, -0.25) is 0 Å². The SMILES string of the molecule is CCOCc1nc(Cl)cc(NC(C)C2CC3CCC2C3)n1. The summed E-state index contributed by atoms with van der Waals surface area (Å²) in [6, 6.07) is 2.24. The van der Waals surface area contributed by atoms with Gasteiger partial charge in [0.1, 0.15) is 17.6 Å². The van der Waals surface area contributed by atoms with Crippen LogP contribution in [0.25, 0.3) is 0 Å². The maximum absolute atomic E-state index is 6.09. The van der Waals surface area contributed by atoms with Crippen LogP contribution in [0.1, 0.15) is 45.4 Å². The minimum atomic E-state index is 0.411. The molecular formula is C16H24ClN3O. The Kier molecular flexibility index (Phi) is 4.65. The topological polar surface area (TPSA) is 47.0 Å². The minimum absolute atomic E-state index is 0.411. The molecule has 0 spiro atoms. The normalized spacial score (nSPS) is 28.8. The van der Waals surface area contributed by atoms with Crippen molar-refractivity contribution in [3.63, 3.8) is 0 Å². The summed E-state index contributed by atoms with van der Waals surface area (Å²) in [5, 5.41) is 4.01. The molecule has 1 heterocycles. The van der Waals surface area contributed by atoms with Crippen molar-refractivity contribution in [2.24, 2.45) is 17.8 Å². The Morgan fingerprint density at radius 1 is 1.38 bits per heavy atom. The second-order valence-electron chi connectivity index (χ2n) is 6.40. The average Bonchev–Trinajstić information content (AvgIpc) is 3.07. The third-order valence-corrected chi connectivity index (χ3v) is 5.18. The van der Waals surface area contributed by atoms with Crippen molar-refractivity contribution in [2.45, 2.75) is 52.2 Å². The molecule has 4 unspecified atom stereocenters. The molecule has 2 saturated carbocycles. The maximum Gasteiger partial charge on any atom is 0.158 e. The summed E-state index contributed by atoms with van der Waals surface area (Å²) in [5.74, 6) is 4.10. The number of ether oxygens (including phenoxy) is 1. The predicted octanol–water partition coefficient (Wildman–Crippen LogP) is 3.90. The van der Waals surface area contributed by atoms with Crippen molar-refractivity contribution in [1.29, 1.82) is 0 Å². The summed E-state index contributed by atoms with van der Waals surface area (Å²) in [5.41, 5.74) is 0. The van der Waals surface area contributed by atoms with Crippen LogP contribution in [0.5, 0.6) is 0 Å². The fourth-order valence-corrected chi connectivity index (χ4v) is 4.24. The highest BCUT2D eigenvalue weighted by Gasteiger charge is 2.41. The molecule has 0 saturated heterocycles. The molecule has 2 bridgehead atoms. The lowest BCUT2D eigenvalue weighted by molar-refractivity contribution is 0.128. The van der Waals surface area contributed by atoms with Gasteiger partial charge in [0, 0.05) is 18.7 Å². The average molecular weight is 310 g/mol. The number of halogens is 1. The van der Waals surface area contributed by atoms with Crippen LogP contribution in [0.2, 0.25) is 5.15 Å². The van der Waals surface area contributed by atoms with Crippen molar-refractivity contribution in [2.75, 3.05) is 11.9 Å². The summed E-state index contributed by atoms with van der Waals surface area (Å²) < 4.78 is 5.36. The van der Waals surface area contributed by atoms with Crippen LogP contribution in [0.3, 0.4) is 0 Å². The highest BCUT2D eigenvalue weighted by Crippen LogP contribution is 2.49. The molecule has 2 fully saturated rings. The highest BCUT2D eigenvalue weighted by molar-refractivity contribution is 6.29. The summed E-state index contributed by atoms with van der Waals surface area (Å²) >= 11 is 6.09. The number of nitrogens with one attached hydrogen (secondary N) is 1. The van der Waals surface area contributed by atoms with Crippen LogP contribution in [0.15, 0.2) is 6.07 Å². The molecule has 116 valence electrons. The monoisotopic (exact) mass is 309 g/mol. The fourth-order valence-electron chi connectivity index (χ4n) is 4.04. The van der Waals surface area contributed by atoms with E-state index in [1.807, 2.05) is 6.92 Å². The molecule has 3 rings (SSSR count). The summed E-state index contributed by atoms with van der Waals surface area (Å²) in [7, 11) is 0. The summed E-state index contributed by atoms with van der Waals surface area (Å²) in [6.45, 7) is 5.29. The molecule has 0 amide bonds. The number of hydrogen-bond acceptors (Lipinski definition) is 4. The predicted molar refractivity (Wildman–Crippen MR) is 84.4 cm³/mol. The number of rotatable bonds is 6. The van der Waals surface area contributed by atoms with Crippen molar-refractivity contribution in [3.05, 3.63) is 17.0 Å². The molecule has 0 aromatic carbocycles. The van der Waals surface area contributed by atoms with Gasteiger partial charge in [0.2, 0.25) is 0 Å². The zero-order chi connectivity index (χ0) is 14.8. The molecule has 2 aliphatic rings. The third kappa shape index (κ3) is 3.49. The maximum atomic E-state index is 6.09. The Balaban J connectivity index is 1.65. The van der Waals surface area contributed by atoms with Gasteiger partial charge in [-0.25, -0.2) is 9.97 Å². The second-order valence-corrected chi connectivity index (χ2v) is 6.79. The van der Waals surface area contributed by atoms with Crippen molar-refractivity contribution in [3.8, 4) is 0 Å². The molecule has 0 radical (unpaired) electrons. The minimum Gasteiger partial charge on any atom is -0.374 e. The van der Waals surface area contributed by atoms with Crippen LogP contribution in [0, 0.1) is 17.8 Å². The lowest BCUT2D eigenvalue weighted by Gasteiger charge is -2.29. The molecule has 21 heavy (non-hydrogen) atoms. The van der Waals surface area contributed by atoms with Crippen molar-refractivity contribution in [1.82, 2.24) is 9.97 Å². The molecule has 4 nitrogen and oxygen atoms in total. The summed E-state index contributed by atoms with van der Waals surface area (Å²) in [4.78, 5) is 8.72. The molecular weight excluding hydrogens is 286 g/mol. The molecule has 0 aliphatic heterocycles. The molecule has 1 N–H and O–H groups in total. The number of nitrogens with zero attached hydrogens (tertiary/aromatic N) is 2. The van der Waals surface area contributed by atoms with E-state index in [1.54, 1.807) is 6.07 Å². The van der Waals surface area contributed by atoms with E-state index in [4.69, 9.17) is 16.3 Å². The molecule has 1 aromatic heterocycles. The van der Waals surface area contributed by atoms with E-state index in [-0.39, 0.29) is 0 Å². The lowest BCUT2D eigenvalue weighted by atomic mass is 9.84. The first-order chi connectivity index (χ1) is 10.2. The number of anilines is 1. The second kappa shape index (κ2) is 6.49. The van der Waals surface area contributed by atoms with Gasteiger partial charge < -0.3 is 10.1 Å². The fraction of sp³-hybridized carbons (Fsp3) is 0.750. The standard InChI is InChI=1S/C16H24ClN3O/c1-3-21-9-16-19-14(17)8-15(20-16)18-10(2)13-7-11-4-5-12(13)6-11/h8,10-13H,3-7,9H2,1-2H3,(H,18,19,20). The Bertz CT molecular complexity index is 496. The van der Waals surface area contributed by atoms with E-state index in [0.29, 0.717) is 30.2 Å². The number of hydrogen-bond donors (Lipinski definition) is 1. The molecule has 2 aliphatic carbocycles. The van der Waals surface area contributed by atoms with Gasteiger partial charge in [0.05, 0.1) is 0 Å². The van der Waals surface area contributed by atoms with E-state index in [1.165, 1.54) is 25.7 Å². The molecule has 1 aromatic rings. The van der Waals surface area contributed by atoms with Gasteiger partial charge in [-0.1, -0.05) is 18.0 Å². The van der Waals surface area contributed by atoms with Gasteiger partial charge in [0.25, 0.3) is 0 Å². The largest absolute Gasteiger partial charge is 0.374 e. The van der Waals surface area contributed by atoms with Crippen LogP contribution in [-0.4, -0.2) is 22.6 Å². The quantitative estimate of drug-likeness (QED) is 0.810. The third-order valence-electron chi connectivity index (χ3n) is 4.99. The molecule has 5 heteroatoms. The van der Waals surface area contributed by atoms with Gasteiger partial charge in [-0.15, -0.1) is 0 Å². The van der Waals surface area contributed by atoms with E-state index in [2.05, 4.69) is 22.2 Å². The first-order valence-electron chi connectivity index (χ1n) is 8.03. The first kappa shape index (κ1) is 15.0. The van der Waals surface area contributed by atoms with E-state index < -0.39 is 0 Å².